The first-order valence-electron chi connectivity index (χ1n) is 4.86. The minimum absolute atomic E-state index is 0.0871. The summed E-state index contributed by atoms with van der Waals surface area (Å²) in [4.78, 5) is 19.1. The van der Waals surface area contributed by atoms with E-state index in [0.717, 1.165) is 6.20 Å². The maximum absolute atomic E-state index is 13.5. The summed E-state index contributed by atoms with van der Waals surface area (Å²) in [6, 6.07) is 1.53. The number of rotatable bonds is 3. The van der Waals surface area contributed by atoms with Crippen molar-refractivity contribution in [1.82, 2.24) is 9.97 Å². The topological polar surface area (TPSA) is 63.1 Å². The van der Waals surface area contributed by atoms with Crippen LogP contribution in [0.2, 0.25) is 0 Å². The minimum Gasteiger partial charge on any atom is -0.481 e. The molecule has 17 heavy (non-hydrogen) atoms. The Morgan fingerprint density at radius 1 is 1.59 bits per heavy atom. The predicted octanol–water partition coefficient (Wildman–Crippen LogP) is 2.28. The molecule has 2 aromatic rings. The number of hydrogen-bond acceptors (Lipinski definition) is 4. The average molecular weight is 252 g/mol. The number of nitrogens with zero attached hydrogens (tertiary/aromatic N) is 2. The molecule has 0 saturated carbocycles. The number of carbonyl (C=O) groups is 1. The molecule has 0 bridgehead atoms. The van der Waals surface area contributed by atoms with Gasteiger partial charge in [-0.1, -0.05) is 0 Å². The lowest BCUT2D eigenvalue weighted by Gasteiger charge is -1.96. The summed E-state index contributed by atoms with van der Waals surface area (Å²) >= 11 is 1.20. The number of aryl methyl sites for hydroxylation is 1. The van der Waals surface area contributed by atoms with Gasteiger partial charge in [0.15, 0.2) is 5.82 Å². The Hall–Kier alpha value is -1.82. The number of carboxylic acid groups (broad SMARTS) is 1. The Morgan fingerprint density at radius 2 is 2.35 bits per heavy atom. The van der Waals surface area contributed by atoms with Crippen molar-refractivity contribution in [3.05, 3.63) is 34.8 Å². The molecule has 0 atom stereocenters. The van der Waals surface area contributed by atoms with E-state index in [1.165, 1.54) is 23.6 Å². The van der Waals surface area contributed by atoms with Crippen molar-refractivity contribution in [2.45, 2.75) is 13.3 Å². The molecule has 0 spiro atoms. The molecule has 2 heterocycles. The molecule has 0 aliphatic heterocycles. The van der Waals surface area contributed by atoms with Gasteiger partial charge in [-0.2, -0.15) is 0 Å². The second-order valence-electron chi connectivity index (χ2n) is 3.45. The molecule has 1 N–H and O–H groups in total. The number of aliphatic carboxylic acids is 1. The average Bonchev–Trinajstić information content (AvgIpc) is 2.60. The standard InChI is InChI=1S/C11H9FN2O2S/c1-6-9(4-10(15)16)17-11(14-6)7-2-3-13-5-8(7)12/h2-3,5H,4H2,1H3,(H,15,16). The van der Waals surface area contributed by atoms with Crippen LogP contribution < -0.4 is 0 Å². The predicted molar refractivity (Wildman–Crippen MR) is 61.4 cm³/mol. The van der Waals surface area contributed by atoms with Gasteiger partial charge in [-0.25, -0.2) is 9.37 Å². The zero-order valence-corrected chi connectivity index (χ0v) is 9.79. The van der Waals surface area contributed by atoms with Gasteiger partial charge in [0.05, 0.1) is 18.3 Å². The van der Waals surface area contributed by atoms with Crippen molar-refractivity contribution >= 4 is 17.3 Å². The Morgan fingerprint density at radius 3 is 3.00 bits per heavy atom. The van der Waals surface area contributed by atoms with E-state index in [-0.39, 0.29) is 6.42 Å². The number of thiazole rings is 1. The lowest BCUT2D eigenvalue weighted by Crippen LogP contribution is -1.99. The van der Waals surface area contributed by atoms with E-state index in [9.17, 15) is 9.18 Å². The fraction of sp³-hybridized carbons (Fsp3) is 0.182. The van der Waals surface area contributed by atoms with E-state index in [2.05, 4.69) is 9.97 Å². The first-order valence-corrected chi connectivity index (χ1v) is 5.67. The fourth-order valence-electron chi connectivity index (χ4n) is 1.39. The van der Waals surface area contributed by atoms with E-state index in [4.69, 9.17) is 5.11 Å². The van der Waals surface area contributed by atoms with Gasteiger partial charge in [-0.15, -0.1) is 11.3 Å². The normalized spacial score (nSPS) is 10.5. The third kappa shape index (κ3) is 2.47. The molecule has 2 aromatic heterocycles. The van der Waals surface area contributed by atoms with Crippen molar-refractivity contribution in [3.8, 4) is 10.6 Å². The van der Waals surface area contributed by atoms with E-state index in [0.29, 0.717) is 21.1 Å². The number of pyridine rings is 1. The van der Waals surface area contributed by atoms with Crippen LogP contribution in [0.4, 0.5) is 4.39 Å². The Labute approximate surface area is 101 Å². The SMILES string of the molecule is Cc1nc(-c2ccncc2F)sc1CC(=O)O. The summed E-state index contributed by atoms with van der Waals surface area (Å²) < 4.78 is 13.5. The van der Waals surface area contributed by atoms with Gasteiger partial charge in [-0.05, 0) is 13.0 Å². The van der Waals surface area contributed by atoms with Crippen molar-refractivity contribution in [3.63, 3.8) is 0 Å². The lowest BCUT2D eigenvalue weighted by atomic mass is 10.2. The monoisotopic (exact) mass is 252 g/mol. The molecular formula is C11H9FN2O2S. The molecule has 0 aliphatic rings. The van der Waals surface area contributed by atoms with Gasteiger partial charge < -0.3 is 5.11 Å². The van der Waals surface area contributed by atoms with Crippen LogP contribution in [0.5, 0.6) is 0 Å². The Kier molecular flexibility index (Phi) is 3.14. The Balaban J connectivity index is 2.41. The van der Waals surface area contributed by atoms with Gasteiger partial charge >= 0.3 is 5.97 Å². The van der Waals surface area contributed by atoms with Gasteiger partial charge in [0.2, 0.25) is 0 Å². The van der Waals surface area contributed by atoms with E-state index >= 15 is 0 Å². The molecule has 2 rings (SSSR count). The highest BCUT2D eigenvalue weighted by atomic mass is 32.1. The van der Waals surface area contributed by atoms with Crippen molar-refractivity contribution in [1.29, 1.82) is 0 Å². The van der Waals surface area contributed by atoms with Gasteiger partial charge in [0.1, 0.15) is 5.01 Å². The molecule has 88 valence electrons. The third-order valence-corrected chi connectivity index (χ3v) is 3.40. The van der Waals surface area contributed by atoms with E-state index in [1.807, 2.05) is 0 Å². The summed E-state index contributed by atoms with van der Waals surface area (Å²) in [5.74, 6) is -1.37. The Bertz CT molecular complexity index is 568. The maximum atomic E-state index is 13.5. The van der Waals surface area contributed by atoms with E-state index in [1.54, 1.807) is 6.92 Å². The van der Waals surface area contributed by atoms with Crippen LogP contribution >= 0.6 is 11.3 Å². The van der Waals surface area contributed by atoms with Crippen molar-refractivity contribution < 1.29 is 14.3 Å². The van der Waals surface area contributed by atoms with Crippen LogP contribution in [-0.4, -0.2) is 21.0 Å². The highest BCUT2D eigenvalue weighted by Crippen LogP contribution is 2.29. The molecular weight excluding hydrogens is 243 g/mol. The summed E-state index contributed by atoms with van der Waals surface area (Å²) in [6.45, 7) is 1.72. The number of hydrogen-bond donors (Lipinski definition) is 1. The van der Waals surface area contributed by atoms with Crippen LogP contribution in [0.1, 0.15) is 10.6 Å². The molecule has 0 unspecified atom stereocenters. The molecule has 0 saturated heterocycles. The van der Waals surface area contributed by atoms with E-state index < -0.39 is 11.8 Å². The molecule has 0 amide bonds. The molecule has 0 aliphatic carbocycles. The molecule has 0 radical (unpaired) electrons. The molecule has 0 aromatic carbocycles. The molecule has 0 fully saturated rings. The highest BCUT2D eigenvalue weighted by Gasteiger charge is 2.14. The van der Waals surface area contributed by atoms with Gasteiger partial charge in [-0.3, -0.25) is 9.78 Å². The number of carboxylic acids is 1. The third-order valence-electron chi connectivity index (χ3n) is 2.21. The minimum atomic E-state index is -0.918. The van der Waals surface area contributed by atoms with Crippen LogP contribution in [0, 0.1) is 12.7 Å². The number of aromatic nitrogens is 2. The summed E-state index contributed by atoms with van der Waals surface area (Å²) in [7, 11) is 0. The summed E-state index contributed by atoms with van der Waals surface area (Å²) in [6.07, 6.45) is 2.51. The van der Waals surface area contributed by atoms with Crippen LogP contribution in [-0.2, 0) is 11.2 Å². The highest BCUT2D eigenvalue weighted by molar-refractivity contribution is 7.15. The first kappa shape index (κ1) is 11.7. The maximum Gasteiger partial charge on any atom is 0.308 e. The second kappa shape index (κ2) is 4.58. The fourth-order valence-corrected chi connectivity index (χ4v) is 2.47. The second-order valence-corrected chi connectivity index (χ2v) is 4.54. The largest absolute Gasteiger partial charge is 0.481 e. The van der Waals surface area contributed by atoms with Crippen LogP contribution in [0.3, 0.4) is 0 Å². The van der Waals surface area contributed by atoms with Crippen molar-refractivity contribution in [2.75, 3.05) is 0 Å². The summed E-state index contributed by atoms with van der Waals surface area (Å²) in [5, 5.41) is 9.21. The van der Waals surface area contributed by atoms with Crippen molar-refractivity contribution in [2.24, 2.45) is 0 Å². The first-order chi connectivity index (χ1) is 8.08. The quantitative estimate of drug-likeness (QED) is 0.910. The molecule has 4 nitrogen and oxygen atoms in total. The smallest absolute Gasteiger partial charge is 0.308 e. The molecule has 6 heteroatoms. The number of halogens is 1. The van der Waals surface area contributed by atoms with Crippen LogP contribution in [0.15, 0.2) is 18.5 Å². The zero-order chi connectivity index (χ0) is 12.4. The summed E-state index contributed by atoms with van der Waals surface area (Å²) in [5.41, 5.74) is 0.980. The van der Waals surface area contributed by atoms with Crippen LogP contribution in [0.25, 0.3) is 10.6 Å². The lowest BCUT2D eigenvalue weighted by molar-refractivity contribution is -0.136. The van der Waals surface area contributed by atoms with Gasteiger partial charge in [0.25, 0.3) is 0 Å². The zero-order valence-electron chi connectivity index (χ0n) is 8.98. The van der Waals surface area contributed by atoms with Gasteiger partial charge in [0, 0.05) is 16.6 Å².